The van der Waals surface area contributed by atoms with E-state index >= 15 is 0 Å². The van der Waals surface area contributed by atoms with Crippen LogP contribution in [-0.2, 0) is 13.6 Å². The Bertz CT molecular complexity index is 649. The minimum Gasteiger partial charge on any atom is -0.384 e. The van der Waals surface area contributed by atoms with Crippen molar-refractivity contribution < 1.29 is 0 Å². The molecule has 7 heteroatoms. The molecule has 0 unspecified atom stereocenters. The summed E-state index contributed by atoms with van der Waals surface area (Å²) in [6.45, 7) is 0.552. The molecule has 0 spiro atoms. The quantitative estimate of drug-likeness (QED) is 0.705. The smallest absolute Gasteiger partial charge is 0.243 e. The third-order valence-corrected chi connectivity index (χ3v) is 2.74. The summed E-state index contributed by atoms with van der Waals surface area (Å²) in [6.07, 6.45) is 3.59. The number of anilines is 2. The zero-order valence-electron chi connectivity index (χ0n) is 9.91. The Balaban J connectivity index is 1.79. The van der Waals surface area contributed by atoms with Crippen molar-refractivity contribution in [1.29, 1.82) is 0 Å². The average molecular weight is 243 g/mol. The Morgan fingerprint density at radius 3 is 3.00 bits per heavy atom. The van der Waals surface area contributed by atoms with Gasteiger partial charge in [0.2, 0.25) is 5.95 Å². The number of aromatic nitrogens is 5. The van der Waals surface area contributed by atoms with Gasteiger partial charge in [0, 0.05) is 25.4 Å². The van der Waals surface area contributed by atoms with Crippen molar-refractivity contribution >= 4 is 17.4 Å². The van der Waals surface area contributed by atoms with Crippen molar-refractivity contribution in [1.82, 2.24) is 24.4 Å². The second kappa shape index (κ2) is 4.02. The monoisotopic (exact) mass is 243 g/mol. The molecule has 3 aromatic rings. The molecule has 0 saturated heterocycles. The molecule has 18 heavy (non-hydrogen) atoms. The van der Waals surface area contributed by atoms with E-state index in [2.05, 4.69) is 20.5 Å². The van der Waals surface area contributed by atoms with Crippen molar-refractivity contribution in [2.75, 3.05) is 11.1 Å². The molecule has 0 aliphatic rings. The highest BCUT2D eigenvalue weighted by molar-refractivity contribution is 5.45. The second-order valence-electron chi connectivity index (χ2n) is 3.97. The lowest BCUT2D eigenvalue weighted by atomic mass is 10.3. The zero-order chi connectivity index (χ0) is 12.5. The standard InChI is InChI=1S/C11H13N7/c1-17-10(12)8(7-14-17)6-13-11-15-9-4-2-3-5-18(9)16-11/h2-5,7H,6,12H2,1H3,(H,13,16). The topological polar surface area (TPSA) is 86.1 Å². The van der Waals surface area contributed by atoms with Gasteiger partial charge < -0.3 is 11.1 Å². The van der Waals surface area contributed by atoms with E-state index in [1.807, 2.05) is 31.4 Å². The van der Waals surface area contributed by atoms with Crippen LogP contribution in [0.1, 0.15) is 5.56 Å². The lowest BCUT2D eigenvalue weighted by Gasteiger charge is -2.00. The van der Waals surface area contributed by atoms with Crippen LogP contribution in [0.3, 0.4) is 0 Å². The van der Waals surface area contributed by atoms with Gasteiger partial charge >= 0.3 is 0 Å². The first-order valence-electron chi connectivity index (χ1n) is 5.55. The number of nitrogen functional groups attached to an aromatic ring is 1. The summed E-state index contributed by atoms with van der Waals surface area (Å²) in [5.41, 5.74) is 7.59. The fraction of sp³-hybridized carbons (Fsp3) is 0.182. The number of hydrogen-bond acceptors (Lipinski definition) is 5. The molecule has 0 fully saturated rings. The van der Waals surface area contributed by atoms with E-state index in [4.69, 9.17) is 5.73 Å². The molecule has 0 aromatic carbocycles. The summed E-state index contributed by atoms with van der Waals surface area (Å²) in [5, 5.41) is 11.5. The summed E-state index contributed by atoms with van der Waals surface area (Å²) >= 11 is 0. The average Bonchev–Trinajstić information content (AvgIpc) is 2.92. The number of nitrogens with two attached hydrogens (primary N) is 1. The van der Waals surface area contributed by atoms with Gasteiger partial charge in [0.05, 0.1) is 6.20 Å². The summed E-state index contributed by atoms with van der Waals surface area (Å²) in [4.78, 5) is 4.34. The van der Waals surface area contributed by atoms with Crippen LogP contribution in [0.15, 0.2) is 30.6 Å². The van der Waals surface area contributed by atoms with Crippen LogP contribution in [0, 0.1) is 0 Å². The van der Waals surface area contributed by atoms with Gasteiger partial charge in [0.1, 0.15) is 5.82 Å². The van der Waals surface area contributed by atoms with Gasteiger partial charge in [-0.15, -0.1) is 5.10 Å². The summed E-state index contributed by atoms with van der Waals surface area (Å²) in [5.74, 6) is 1.22. The van der Waals surface area contributed by atoms with Crippen LogP contribution in [-0.4, -0.2) is 24.4 Å². The van der Waals surface area contributed by atoms with Gasteiger partial charge in [-0.05, 0) is 12.1 Å². The lowest BCUT2D eigenvalue weighted by molar-refractivity contribution is 0.778. The first-order valence-corrected chi connectivity index (χ1v) is 5.55. The van der Waals surface area contributed by atoms with Crippen LogP contribution < -0.4 is 11.1 Å². The van der Waals surface area contributed by atoms with Crippen LogP contribution in [0.5, 0.6) is 0 Å². The van der Waals surface area contributed by atoms with Gasteiger partial charge in [0.15, 0.2) is 5.65 Å². The predicted molar refractivity (Wildman–Crippen MR) is 67.9 cm³/mol. The first-order chi connectivity index (χ1) is 8.74. The summed E-state index contributed by atoms with van der Waals surface area (Å²) < 4.78 is 3.35. The minimum absolute atomic E-state index is 0.552. The molecular weight excluding hydrogens is 230 g/mol. The number of aryl methyl sites for hydroxylation is 1. The molecule has 3 N–H and O–H groups in total. The number of nitrogens with one attached hydrogen (secondary N) is 1. The number of hydrogen-bond donors (Lipinski definition) is 2. The highest BCUT2D eigenvalue weighted by Crippen LogP contribution is 2.11. The molecule has 3 heterocycles. The Kier molecular flexibility index (Phi) is 2.36. The third-order valence-electron chi connectivity index (χ3n) is 2.74. The van der Waals surface area contributed by atoms with Crippen LogP contribution >= 0.6 is 0 Å². The molecule has 7 nitrogen and oxygen atoms in total. The van der Waals surface area contributed by atoms with E-state index in [1.165, 1.54) is 0 Å². The van der Waals surface area contributed by atoms with Crippen molar-refractivity contribution in [3.05, 3.63) is 36.2 Å². The Labute approximate surface area is 103 Å². The van der Waals surface area contributed by atoms with Gasteiger partial charge in [-0.3, -0.25) is 4.68 Å². The molecule has 0 radical (unpaired) electrons. The number of fused-ring (bicyclic) bond motifs is 1. The van der Waals surface area contributed by atoms with Crippen molar-refractivity contribution in [2.24, 2.45) is 7.05 Å². The Hall–Kier alpha value is -2.57. The van der Waals surface area contributed by atoms with Gasteiger partial charge in [-0.2, -0.15) is 10.1 Å². The molecule has 0 bridgehead atoms. The van der Waals surface area contributed by atoms with E-state index < -0.39 is 0 Å². The normalized spacial score (nSPS) is 10.9. The SMILES string of the molecule is Cn1ncc(CNc2nc3ccccn3n2)c1N. The van der Waals surface area contributed by atoms with Crippen LogP contribution in [0.4, 0.5) is 11.8 Å². The fourth-order valence-electron chi connectivity index (χ4n) is 1.71. The van der Waals surface area contributed by atoms with Gasteiger partial charge in [-0.25, -0.2) is 4.52 Å². The molecule has 3 rings (SSSR count). The van der Waals surface area contributed by atoms with Crippen molar-refractivity contribution in [2.45, 2.75) is 6.54 Å². The second-order valence-corrected chi connectivity index (χ2v) is 3.97. The van der Waals surface area contributed by atoms with Crippen molar-refractivity contribution in [3.8, 4) is 0 Å². The van der Waals surface area contributed by atoms with Gasteiger partial charge in [-0.1, -0.05) is 6.07 Å². The molecule has 0 aliphatic heterocycles. The minimum atomic E-state index is 0.552. The van der Waals surface area contributed by atoms with Crippen LogP contribution in [0.25, 0.3) is 5.65 Å². The zero-order valence-corrected chi connectivity index (χ0v) is 9.91. The van der Waals surface area contributed by atoms with E-state index in [0.717, 1.165) is 11.2 Å². The fourth-order valence-corrected chi connectivity index (χ4v) is 1.71. The molecule has 0 atom stereocenters. The third kappa shape index (κ3) is 1.75. The van der Waals surface area contributed by atoms with Crippen molar-refractivity contribution in [3.63, 3.8) is 0 Å². The van der Waals surface area contributed by atoms with E-state index in [9.17, 15) is 0 Å². The summed E-state index contributed by atoms with van der Waals surface area (Å²) in [6, 6.07) is 5.73. The predicted octanol–water partition coefficient (Wildman–Crippen LogP) is 0.657. The Morgan fingerprint density at radius 1 is 1.39 bits per heavy atom. The van der Waals surface area contributed by atoms with E-state index in [1.54, 1.807) is 15.4 Å². The maximum atomic E-state index is 5.86. The maximum absolute atomic E-state index is 5.86. The Morgan fingerprint density at radius 2 is 2.28 bits per heavy atom. The highest BCUT2D eigenvalue weighted by atomic mass is 15.3. The molecule has 0 amide bonds. The molecule has 92 valence electrons. The molecule has 0 saturated carbocycles. The largest absolute Gasteiger partial charge is 0.384 e. The number of nitrogens with zero attached hydrogens (tertiary/aromatic N) is 5. The first kappa shape index (κ1) is 10.6. The molecular formula is C11H13N7. The lowest BCUT2D eigenvalue weighted by Crippen LogP contribution is -2.05. The van der Waals surface area contributed by atoms with Gasteiger partial charge in [0.25, 0.3) is 0 Å². The number of pyridine rings is 1. The molecule has 3 aromatic heterocycles. The van der Waals surface area contributed by atoms with Crippen LogP contribution in [0.2, 0.25) is 0 Å². The molecule has 0 aliphatic carbocycles. The van der Waals surface area contributed by atoms with E-state index in [-0.39, 0.29) is 0 Å². The maximum Gasteiger partial charge on any atom is 0.243 e. The highest BCUT2D eigenvalue weighted by Gasteiger charge is 2.06. The number of rotatable bonds is 3. The van der Waals surface area contributed by atoms with E-state index in [0.29, 0.717) is 18.3 Å². The summed E-state index contributed by atoms with van der Waals surface area (Å²) in [7, 11) is 1.81.